The maximum absolute atomic E-state index is 14.0. The molecule has 0 aliphatic rings. The van der Waals surface area contributed by atoms with E-state index in [0.29, 0.717) is 11.3 Å². The number of nitrogens with zero attached hydrogens (tertiary/aromatic N) is 5. The summed E-state index contributed by atoms with van der Waals surface area (Å²) in [7, 11) is 0. The third kappa shape index (κ3) is 3.01. The SMILES string of the molecule is Cc1cc(F)cc(-c2ccnc3[nH]c(-c4[nH]nc5ncc(-c6cncnc6)cc45)cc23)c1. The summed E-state index contributed by atoms with van der Waals surface area (Å²) >= 11 is 0. The van der Waals surface area contributed by atoms with Crippen LogP contribution in [-0.2, 0) is 0 Å². The minimum absolute atomic E-state index is 0.260. The molecule has 0 radical (unpaired) electrons. The Hall–Kier alpha value is -4.46. The molecule has 5 aromatic heterocycles. The second-order valence-electron chi connectivity index (χ2n) is 7.64. The summed E-state index contributed by atoms with van der Waals surface area (Å²) in [5.74, 6) is -0.260. The zero-order valence-corrected chi connectivity index (χ0v) is 17.0. The van der Waals surface area contributed by atoms with Gasteiger partial charge >= 0.3 is 0 Å². The van der Waals surface area contributed by atoms with Crippen molar-refractivity contribution >= 4 is 22.1 Å². The van der Waals surface area contributed by atoms with Crippen molar-refractivity contribution in [3.05, 3.63) is 78.9 Å². The van der Waals surface area contributed by atoms with Gasteiger partial charge in [-0.1, -0.05) is 6.07 Å². The molecule has 0 spiro atoms. The highest BCUT2D eigenvalue weighted by atomic mass is 19.1. The van der Waals surface area contributed by atoms with Crippen molar-refractivity contribution in [1.29, 1.82) is 0 Å². The van der Waals surface area contributed by atoms with Crippen molar-refractivity contribution in [3.63, 3.8) is 0 Å². The van der Waals surface area contributed by atoms with Gasteiger partial charge in [0, 0.05) is 46.7 Å². The van der Waals surface area contributed by atoms with Gasteiger partial charge in [0.25, 0.3) is 0 Å². The van der Waals surface area contributed by atoms with Crippen LogP contribution in [0.3, 0.4) is 0 Å². The number of H-pyrrole nitrogens is 2. The number of nitrogens with one attached hydrogen (secondary N) is 2. The molecule has 0 saturated carbocycles. The smallest absolute Gasteiger partial charge is 0.181 e. The fourth-order valence-electron chi connectivity index (χ4n) is 4.02. The lowest BCUT2D eigenvalue weighted by Gasteiger charge is -2.05. The number of hydrogen-bond acceptors (Lipinski definition) is 5. The summed E-state index contributed by atoms with van der Waals surface area (Å²) in [5.41, 5.74) is 7.28. The van der Waals surface area contributed by atoms with Gasteiger partial charge in [-0.3, -0.25) is 5.10 Å². The Labute approximate surface area is 181 Å². The molecule has 1 aromatic carbocycles. The molecule has 0 amide bonds. The van der Waals surface area contributed by atoms with Crippen molar-refractivity contribution in [1.82, 2.24) is 35.1 Å². The van der Waals surface area contributed by atoms with Gasteiger partial charge in [0.2, 0.25) is 0 Å². The van der Waals surface area contributed by atoms with E-state index >= 15 is 0 Å². The highest BCUT2D eigenvalue weighted by molar-refractivity contribution is 5.99. The molecule has 0 bridgehead atoms. The maximum atomic E-state index is 14.0. The van der Waals surface area contributed by atoms with Crippen molar-refractivity contribution in [2.24, 2.45) is 0 Å². The fourth-order valence-corrected chi connectivity index (χ4v) is 4.02. The molecule has 0 fully saturated rings. The van der Waals surface area contributed by atoms with Crippen LogP contribution in [0.4, 0.5) is 4.39 Å². The Morgan fingerprint density at radius 3 is 2.56 bits per heavy atom. The van der Waals surface area contributed by atoms with E-state index < -0.39 is 0 Å². The fraction of sp³-hybridized carbons (Fsp3) is 0.0417. The second-order valence-corrected chi connectivity index (χ2v) is 7.64. The van der Waals surface area contributed by atoms with E-state index in [1.165, 1.54) is 18.5 Å². The van der Waals surface area contributed by atoms with Crippen molar-refractivity contribution in [2.45, 2.75) is 6.92 Å². The Morgan fingerprint density at radius 2 is 1.72 bits per heavy atom. The third-order valence-corrected chi connectivity index (χ3v) is 5.46. The first kappa shape index (κ1) is 18.3. The van der Waals surface area contributed by atoms with Crippen LogP contribution in [0.15, 0.2) is 67.5 Å². The van der Waals surface area contributed by atoms with Gasteiger partial charge in [-0.15, -0.1) is 0 Å². The van der Waals surface area contributed by atoms with E-state index in [4.69, 9.17) is 0 Å². The molecule has 8 heteroatoms. The summed E-state index contributed by atoms with van der Waals surface area (Å²) in [5, 5.41) is 9.19. The minimum Gasteiger partial charge on any atom is -0.338 e. The molecule has 154 valence electrons. The largest absolute Gasteiger partial charge is 0.338 e. The Morgan fingerprint density at radius 1 is 0.844 bits per heavy atom. The molecular weight excluding hydrogens is 405 g/mol. The summed E-state index contributed by atoms with van der Waals surface area (Å²) in [6.45, 7) is 1.88. The lowest BCUT2D eigenvalue weighted by atomic mass is 10.0. The van der Waals surface area contributed by atoms with E-state index in [-0.39, 0.29) is 5.82 Å². The van der Waals surface area contributed by atoms with Crippen LogP contribution in [0.2, 0.25) is 0 Å². The molecule has 0 aliphatic heterocycles. The number of fused-ring (bicyclic) bond motifs is 2. The summed E-state index contributed by atoms with van der Waals surface area (Å²) in [4.78, 5) is 20.5. The van der Waals surface area contributed by atoms with Crippen LogP contribution in [0.25, 0.3) is 55.7 Å². The predicted molar refractivity (Wildman–Crippen MR) is 120 cm³/mol. The first-order valence-corrected chi connectivity index (χ1v) is 10.0. The Kier molecular flexibility index (Phi) is 4.04. The van der Waals surface area contributed by atoms with Crippen molar-refractivity contribution < 1.29 is 4.39 Å². The lowest BCUT2D eigenvalue weighted by Crippen LogP contribution is -1.85. The van der Waals surface area contributed by atoms with Crippen LogP contribution in [0.1, 0.15) is 5.56 Å². The topological polar surface area (TPSA) is 96.0 Å². The molecule has 5 heterocycles. The third-order valence-electron chi connectivity index (χ3n) is 5.46. The van der Waals surface area contributed by atoms with Gasteiger partial charge in [0.05, 0.1) is 11.4 Å². The van der Waals surface area contributed by atoms with E-state index in [1.807, 2.05) is 31.2 Å². The highest BCUT2D eigenvalue weighted by Crippen LogP contribution is 2.34. The zero-order chi connectivity index (χ0) is 21.7. The van der Waals surface area contributed by atoms with Gasteiger partial charge in [-0.25, -0.2) is 24.3 Å². The molecule has 32 heavy (non-hydrogen) atoms. The van der Waals surface area contributed by atoms with Crippen molar-refractivity contribution in [3.8, 4) is 33.6 Å². The first-order chi connectivity index (χ1) is 15.7. The summed E-state index contributed by atoms with van der Waals surface area (Å²) in [6, 6.07) is 10.9. The van der Waals surface area contributed by atoms with Crippen LogP contribution >= 0.6 is 0 Å². The average Bonchev–Trinajstić information content (AvgIpc) is 3.42. The molecule has 0 aliphatic carbocycles. The van der Waals surface area contributed by atoms with E-state index in [1.54, 1.807) is 24.8 Å². The number of aromatic amines is 2. The number of rotatable bonds is 3. The normalized spacial score (nSPS) is 11.4. The number of aryl methyl sites for hydroxylation is 1. The molecule has 7 nitrogen and oxygen atoms in total. The van der Waals surface area contributed by atoms with Crippen LogP contribution in [0, 0.1) is 12.7 Å². The van der Waals surface area contributed by atoms with E-state index in [0.717, 1.165) is 50.0 Å². The molecule has 0 saturated heterocycles. The molecular formula is C24H16FN7. The summed E-state index contributed by atoms with van der Waals surface area (Å²) < 4.78 is 14.0. The number of aromatic nitrogens is 7. The van der Waals surface area contributed by atoms with Gasteiger partial charge in [-0.05, 0) is 53.9 Å². The van der Waals surface area contributed by atoms with Gasteiger partial charge in [-0.2, -0.15) is 5.10 Å². The molecule has 0 unspecified atom stereocenters. The highest BCUT2D eigenvalue weighted by Gasteiger charge is 2.15. The molecule has 0 atom stereocenters. The quantitative estimate of drug-likeness (QED) is 0.416. The van der Waals surface area contributed by atoms with Crippen LogP contribution in [0.5, 0.6) is 0 Å². The van der Waals surface area contributed by atoms with Gasteiger partial charge < -0.3 is 4.98 Å². The number of pyridine rings is 2. The number of halogens is 1. The monoisotopic (exact) mass is 421 g/mol. The van der Waals surface area contributed by atoms with Crippen LogP contribution in [-0.4, -0.2) is 35.1 Å². The molecule has 2 N–H and O–H groups in total. The first-order valence-electron chi connectivity index (χ1n) is 10.0. The van der Waals surface area contributed by atoms with E-state index in [2.05, 4.69) is 35.1 Å². The number of hydrogen-bond donors (Lipinski definition) is 2. The predicted octanol–water partition coefficient (Wildman–Crippen LogP) is 5.07. The standard InChI is InChI=1S/C24H16FN7/c1-13-4-14(6-17(25)5-13)18-2-3-28-23-19(18)8-21(30-23)22-20-7-15(11-29-24(20)32-31-22)16-9-26-12-27-10-16/h2-12H,1H3,(H,28,30)(H,29,31,32). The zero-order valence-electron chi connectivity index (χ0n) is 17.0. The molecule has 6 rings (SSSR count). The molecule has 6 aromatic rings. The lowest BCUT2D eigenvalue weighted by molar-refractivity contribution is 0.627. The number of benzene rings is 1. The Balaban J connectivity index is 1.52. The van der Waals surface area contributed by atoms with Crippen molar-refractivity contribution in [2.75, 3.05) is 0 Å². The Bertz CT molecular complexity index is 1580. The van der Waals surface area contributed by atoms with Crippen LogP contribution < -0.4 is 0 Å². The van der Waals surface area contributed by atoms with Gasteiger partial charge in [0.1, 0.15) is 17.8 Å². The van der Waals surface area contributed by atoms with Gasteiger partial charge in [0.15, 0.2) is 5.65 Å². The average molecular weight is 421 g/mol. The second kappa shape index (κ2) is 7.05. The minimum atomic E-state index is -0.260. The summed E-state index contributed by atoms with van der Waals surface area (Å²) in [6.07, 6.45) is 8.46. The maximum Gasteiger partial charge on any atom is 0.181 e. The van der Waals surface area contributed by atoms with E-state index in [9.17, 15) is 4.39 Å².